The number of nitrogens with zero attached hydrogens (tertiary/aromatic N) is 2. The smallest absolute Gasteiger partial charge is 0.258 e. The summed E-state index contributed by atoms with van der Waals surface area (Å²) in [7, 11) is 0. The van der Waals surface area contributed by atoms with E-state index in [2.05, 4.69) is 22.3 Å². The topological polar surface area (TPSA) is 97.6 Å². The summed E-state index contributed by atoms with van der Waals surface area (Å²) in [5, 5.41) is 14.0. The van der Waals surface area contributed by atoms with E-state index >= 15 is 0 Å². The van der Waals surface area contributed by atoms with E-state index in [-0.39, 0.29) is 33.5 Å². The van der Waals surface area contributed by atoms with E-state index in [1.54, 1.807) is 6.92 Å². The number of allylic oxidation sites excluding steroid dienone is 3. The number of amides is 2. The number of amidine groups is 1. The van der Waals surface area contributed by atoms with E-state index in [1.807, 2.05) is 4.90 Å². The number of benzene rings is 2. The summed E-state index contributed by atoms with van der Waals surface area (Å²) < 4.78 is 14.7. The Hall–Kier alpha value is -3.49. The minimum absolute atomic E-state index is 0.0403. The van der Waals surface area contributed by atoms with E-state index < -0.39 is 17.6 Å². The lowest BCUT2D eigenvalue weighted by molar-refractivity contribution is 0.0966. The maximum atomic E-state index is 14.7. The summed E-state index contributed by atoms with van der Waals surface area (Å²) in [5.41, 5.74) is 0.324. The van der Waals surface area contributed by atoms with E-state index in [4.69, 9.17) is 28.6 Å². The summed E-state index contributed by atoms with van der Waals surface area (Å²) in [6.07, 6.45) is 3.98. The van der Waals surface area contributed by atoms with Crippen molar-refractivity contribution < 1.29 is 14.0 Å². The second kappa shape index (κ2) is 11.1. The molecule has 0 unspecified atom stereocenters. The Balaban J connectivity index is 1.82. The Morgan fingerprint density at radius 3 is 2.47 bits per heavy atom. The van der Waals surface area contributed by atoms with Gasteiger partial charge in [-0.2, -0.15) is 0 Å². The fourth-order valence-electron chi connectivity index (χ4n) is 3.08. The van der Waals surface area contributed by atoms with Gasteiger partial charge in [0.15, 0.2) is 0 Å². The van der Waals surface area contributed by atoms with Crippen molar-refractivity contribution in [3.63, 3.8) is 0 Å². The highest BCUT2D eigenvalue weighted by Gasteiger charge is 2.22. The number of hydrogen-bond donors (Lipinski definition) is 3. The first-order valence-electron chi connectivity index (χ1n) is 10.3. The summed E-state index contributed by atoms with van der Waals surface area (Å²) in [5.74, 6) is -1.80. The Bertz CT molecular complexity index is 1220. The van der Waals surface area contributed by atoms with Gasteiger partial charge in [0.1, 0.15) is 17.5 Å². The molecule has 0 saturated carbocycles. The molecule has 0 radical (unpaired) electrons. The van der Waals surface area contributed by atoms with Crippen molar-refractivity contribution in [1.29, 1.82) is 5.41 Å². The van der Waals surface area contributed by atoms with Crippen LogP contribution in [0.5, 0.6) is 0 Å². The molecular formula is C24H22Cl2FN5O2. The molecule has 10 heteroatoms. The van der Waals surface area contributed by atoms with Crippen LogP contribution in [0.3, 0.4) is 0 Å². The van der Waals surface area contributed by atoms with Crippen LogP contribution in [0.15, 0.2) is 64.4 Å². The number of halogens is 3. The van der Waals surface area contributed by atoms with Crippen LogP contribution >= 0.6 is 23.2 Å². The number of hydrogen-bond acceptors (Lipinski definition) is 4. The van der Waals surface area contributed by atoms with Gasteiger partial charge in [0.25, 0.3) is 11.8 Å². The second-order valence-corrected chi connectivity index (χ2v) is 8.48. The number of aliphatic imine (C=N–C) groups is 1. The maximum Gasteiger partial charge on any atom is 0.258 e. The van der Waals surface area contributed by atoms with Crippen molar-refractivity contribution in [2.75, 3.05) is 18.4 Å². The van der Waals surface area contributed by atoms with Crippen LogP contribution in [0.1, 0.15) is 39.6 Å². The van der Waals surface area contributed by atoms with Crippen molar-refractivity contribution in [1.82, 2.24) is 10.2 Å². The van der Waals surface area contributed by atoms with E-state index in [0.717, 1.165) is 25.6 Å². The van der Waals surface area contributed by atoms with Gasteiger partial charge in [-0.15, -0.1) is 0 Å². The zero-order valence-corrected chi connectivity index (χ0v) is 19.8. The van der Waals surface area contributed by atoms with Crippen molar-refractivity contribution in [3.05, 3.63) is 86.9 Å². The van der Waals surface area contributed by atoms with Gasteiger partial charge >= 0.3 is 0 Å². The highest BCUT2D eigenvalue weighted by Crippen LogP contribution is 2.23. The molecule has 3 N–H and O–H groups in total. The SMILES string of the molecule is C=N/C(=C\C=C(/C)Cl)NC(=O)c1cc(Cl)ccc1NC(=O)c1ccc(C(=N)N2CCC2)cc1F. The van der Waals surface area contributed by atoms with E-state index in [0.29, 0.717) is 10.6 Å². The Morgan fingerprint density at radius 1 is 1.15 bits per heavy atom. The fraction of sp³-hybridized carbons (Fsp3) is 0.167. The number of carbonyl (C=O) groups excluding carboxylic acids is 2. The normalized spacial score (nSPS) is 13.7. The molecule has 0 spiro atoms. The number of rotatable bonds is 7. The number of carbonyl (C=O) groups is 2. The molecule has 176 valence electrons. The third-order valence-corrected chi connectivity index (χ3v) is 5.38. The molecular weight excluding hydrogens is 480 g/mol. The predicted octanol–water partition coefficient (Wildman–Crippen LogP) is 5.18. The molecule has 0 aromatic heterocycles. The fourth-order valence-corrected chi connectivity index (χ4v) is 3.32. The molecule has 1 aliphatic heterocycles. The highest BCUT2D eigenvalue weighted by molar-refractivity contribution is 6.31. The van der Waals surface area contributed by atoms with Crippen molar-refractivity contribution in [2.45, 2.75) is 13.3 Å². The minimum Gasteiger partial charge on any atom is -0.356 e. The first kappa shape index (κ1) is 25.1. The van der Waals surface area contributed by atoms with Gasteiger partial charge in [-0.3, -0.25) is 15.0 Å². The van der Waals surface area contributed by atoms with Crippen LogP contribution in [-0.4, -0.2) is 42.4 Å². The Morgan fingerprint density at radius 2 is 1.88 bits per heavy atom. The van der Waals surface area contributed by atoms with Gasteiger partial charge < -0.3 is 15.5 Å². The Kier molecular flexibility index (Phi) is 8.20. The summed E-state index contributed by atoms with van der Waals surface area (Å²) in [4.78, 5) is 31.2. The van der Waals surface area contributed by atoms with Gasteiger partial charge in [0, 0.05) is 28.7 Å². The Labute approximate surface area is 206 Å². The molecule has 2 aromatic carbocycles. The number of nitrogens with one attached hydrogen (secondary N) is 3. The molecule has 1 aliphatic rings. The van der Waals surface area contributed by atoms with Crippen LogP contribution in [0.2, 0.25) is 5.02 Å². The largest absolute Gasteiger partial charge is 0.356 e. The van der Waals surface area contributed by atoms with Gasteiger partial charge in [-0.05, 0) is 62.5 Å². The third kappa shape index (κ3) is 6.09. The number of likely N-dealkylation sites (tertiary alicyclic amines) is 1. The third-order valence-electron chi connectivity index (χ3n) is 5.02. The van der Waals surface area contributed by atoms with Crippen molar-refractivity contribution >= 4 is 53.3 Å². The lowest BCUT2D eigenvalue weighted by atomic mass is 10.1. The van der Waals surface area contributed by atoms with Crippen molar-refractivity contribution in [2.24, 2.45) is 4.99 Å². The number of anilines is 1. The summed E-state index contributed by atoms with van der Waals surface area (Å²) in [6, 6.07) is 8.28. The van der Waals surface area contributed by atoms with Crippen LogP contribution < -0.4 is 10.6 Å². The lowest BCUT2D eigenvalue weighted by Gasteiger charge is -2.33. The highest BCUT2D eigenvalue weighted by atomic mass is 35.5. The molecule has 1 fully saturated rings. The summed E-state index contributed by atoms with van der Waals surface area (Å²) >= 11 is 11.8. The maximum absolute atomic E-state index is 14.7. The molecule has 3 rings (SSSR count). The standard InChI is InChI=1S/C24H22Cl2FN5O2/c1-14(25)4-9-21(29-2)31-24(34)18-13-16(26)6-8-20(18)30-23(33)17-7-5-15(12-19(17)27)22(28)32-10-3-11-32/h4-9,12-13,28H,2-3,10-11H2,1H3,(H,30,33)(H,31,34)/b14-4+,21-9+,28-22?. The average molecular weight is 502 g/mol. The first-order valence-corrected chi connectivity index (χ1v) is 11.0. The molecule has 1 heterocycles. The quantitative estimate of drug-likeness (QED) is 0.277. The first-order chi connectivity index (χ1) is 16.2. The van der Waals surface area contributed by atoms with Gasteiger partial charge in [0.2, 0.25) is 0 Å². The molecule has 34 heavy (non-hydrogen) atoms. The second-order valence-electron chi connectivity index (χ2n) is 7.45. The van der Waals surface area contributed by atoms with Gasteiger partial charge in [-0.1, -0.05) is 29.3 Å². The van der Waals surface area contributed by atoms with E-state index in [1.165, 1.54) is 42.5 Å². The monoisotopic (exact) mass is 501 g/mol. The lowest BCUT2D eigenvalue weighted by Crippen LogP contribution is -2.42. The molecule has 2 amide bonds. The van der Waals surface area contributed by atoms with Crippen LogP contribution in [0.25, 0.3) is 0 Å². The van der Waals surface area contributed by atoms with E-state index in [9.17, 15) is 14.0 Å². The van der Waals surface area contributed by atoms with Gasteiger partial charge in [0.05, 0.1) is 16.8 Å². The van der Waals surface area contributed by atoms with Crippen molar-refractivity contribution in [3.8, 4) is 0 Å². The molecule has 2 aromatic rings. The molecule has 7 nitrogen and oxygen atoms in total. The molecule has 0 atom stereocenters. The minimum atomic E-state index is -0.774. The molecule has 0 aliphatic carbocycles. The average Bonchev–Trinajstić information content (AvgIpc) is 2.76. The zero-order valence-electron chi connectivity index (χ0n) is 18.3. The predicted molar refractivity (Wildman–Crippen MR) is 134 cm³/mol. The van der Waals surface area contributed by atoms with Crippen LogP contribution in [0.4, 0.5) is 10.1 Å². The summed E-state index contributed by atoms with van der Waals surface area (Å²) in [6.45, 7) is 6.57. The molecule has 0 bridgehead atoms. The van der Waals surface area contributed by atoms with Crippen LogP contribution in [0, 0.1) is 11.2 Å². The van der Waals surface area contributed by atoms with Gasteiger partial charge in [-0.25, -0.2) is 9.38 Å². The zero-order chi connectivity index (χ0) is 24.8. The van der Waals surface area contributed by atoms with Crippen LogP contribution in [-0.2, 0) is 0 Å². The molecule has 1 saturated heterocycles.